The first kappa shape index (κ1) is 17.6. The maximum Gasteiger partial charge on any atom is 0.418 e. The Morgan fingerprint density at radius 2 is 1.64 bits per heavy atom. The molecule has 0 radical (unpaired) electrons. The summed E-state index contributed by atoms with van der Waals surface area (Å²) in [6, 6.07) is 12.7. The van der Waals surface area contributed by atoms with Crippen LogP contribution in [0.4, 0.5) is 24.5 Å². The van der Waals surface area contributed by atoms with Crippen molar-refractivity contribution >= 4 is 11.4 Å². The normalized spacial score (nSPS) is 15.4. The summed E-state index contributed by atoms with van der Waals surface area (Å²) in [4.78, 5) is 2.02. The van der Waals surface area contributed by atoms with Crippen LogP contribution in [0.1, 0.15) is 16.7 Å². The predicted octanol–water partition coefficient (Wildman–Crippen LogP) is 3.48. The number of hydrogen-bond donors (Lipinski definition) is 2. The zero-order chi connectivity index (χ0) is 17.9. The number of nitrogens with one attached hydrogen (secondary N) is 1. The molecule has 1 aliphatic heterocycles. The fourth-order valence-electron chi connectivity index (χ4n) is 3.36. The Balaban J connectivity index is 1.99. The summed E-state index contributed by atoms with van der Waals surface area (Å²) in [6.07, 6.45) is -3.60. The van der Waals surface area contributed by atoms with Gasteiger partial charge in [0.1, 0.15) is 0 Å². The van der Waals surface area contributed by atoms with Gasteiger partial charge in [0.2, 0.25) is 0 Å². The Morgan fingerprint density at radius 3 is 2.28 bits per heavy atom. The summed E-state index contributed by atoms with van der Waals surface area (Å²) < 4.78 is 41.0. The van der Waals surface area contributed by atoms with E-state index >= 15 is 0 Å². The summed E-state index contributed by atoms with van der Waals surface area (Å²) in [5.41, 5.74) is 6.82. The highest BCUT2D eigenvalue weighted by atomic mass is 19.4. The minimum absolute atomic E-state index is 0.200. The smallest absolute Gasteiger partial charge is 0.398 e. The largest absolute Gasteiger partial charge is 0.418 e. The van der Waals surface area contributed by atoms with E-state index in [2.05, 4.69) is 5.32 Å². The first-order chi connectivity index (χ1) is 12.0. The molecule has 0 aliphatic carbocycles. The van der Waals surface area contributed by atoms with E-state index in [1.807, 2.05) is 35.2 Å². The lowest BCUT2D eigenvalue weighted by Crippen LogP contribution is -2.44. The second-order valence-corrected chi connectivity index (χ2v) is 6.25. The van der Waals surface area contributed by atoms with Gasteiger partial charge in [-0.2, -0.15) is 13.2 Å². The van der Waals surface area contributed by atoms with Crippen molar-refractivity contribution in [3.05, 3.63) is 59.2 Å². The number of piperazine rings is 1. The Hall–Kier alpha value is -2.21. The van der Waals surface area contributed by atoms with Crippen molar-refractivity contribution in [3.63, 3.8) is 0 Å². The highest BCUT2D eigenvalue weighted by molar-refractivity contribution is 5.66. The third-order valence-electron chi connectivity index (χ3n) is 4.57. The van der Waals surface area contributed by atoms with Crippen LogP contribution in [-0.4, -0.2) is 26.2 Å². The van der Waals surface area contributed by atoms with Crippen molar-refractivity contribution in [2.75, 3.05) is 36.8 Å². The highest BCUT2D eigenvalue weighted by Crippen LogP contribution is 2.41. The molecular weight excluding hydrogens is 327 g/mol. The van der Waals surface area contributed by atoms with E-state index in [9.17, 15) is 13.2 Å². The molecule has 2 aromatic rings. The van der Waals surface area contributed by atoms with Gasteiger partial charge in [0.25, 0.3) is 0 Å². The average Bonchev–Trinajstić information content (AvgIpc) is 2.60. The van der Waals surface area contributed by atoms with Gasteiger partial charge in [-0.1, -0.05) is 30.3 Å². The molecule has 0 amide bonds. The molecule has 1 heterocycles. The Bertz CT molecular complexity index is 708. The Labute approximate surface area is 145 Å². The van der Waals surface area contributed by atoms with Crippen LogP contribution in [-0.2, 0) is 19.0 Å². The number of rotatable bonds is 4. The van der Waals surface area contributed by atoms with Gasteiger partial charge in [-0.15, -0.1) is 0 Å². The Morgan fingerprint density at radius 1 is 0.960 bits per heavy atom. The summed E-state index contributed by atoms with van der Waals surface area (Å²) in [5, 5.41) is 3.23. The van der Waals surface area contributed by atoms with Gasteiger partial charge < -0.3 is 16.0 Å². The van der Waals surface area contributed by atoms with Crippen molar-refractivity contribution in [2.24, 2.45) is 0 Å². The van der Waals surface area contributed by atoms with Crippen LogP contribution >= 0.6 is 0 Å². The van der Waals surface area contributed by atoms with E-state index < -0.39 is 11.7 Å². The number of hydrogen-bond acceptors (Lipinski definition) is 3. The summed E-state index contributed by atoms with van der Waals surface area (Å²) >= 11 is 0. The van der Waals surface area contributed by atoms with Gasteiger partial charge in [-0.25, -0.2) is 0 Å². The average molecular weight is 349 g/mol. The molecule has 0 aromatic heterocycles. The number of nitrogens with zero attached hydrogens (tertiary/aromatic N) is 1. The second kappa shape index (κ2) is 7.35. The predicted molar refractivity (Wildman–Crippen MR) is 94.8 cm³/mol. The summed E-state index contributed by atoms with van der Waals surface area (Å²) in [7, 11) is 0. The lowest BCUT2D eigenvalue weighted by atomic mass is 9.95. The molecule has 1 fully saturated rings. The first-order valence-electron chi connectivity index (χ1n) is 8.45. The standard InChI is InChI=1S/C19H22F3N3/c20-19(21,22)18-15(7-6-14-4-2-1-3-5-14)17(9-8-16(18)23)25-12-10-24-11-13-25/h1-5,8-9,24H,6-7,10-13,23H2. The number of aryl methyl sites for hydroxylation is 1. The minimum Gasteiger partial charge on any atom is -0.398 e. The second-order valence-electron chi connectivity index (χ2n) is 6.25. The van der Waals surface area contributed by atoms with Gasteiger partial charge >= 0.3 is 6.18 Å². The number of alkyl halides is 3. The topological polar surface area (TPSA) is 41.3 Å². The maximum absolute atomic E-state index is 13.7. The quantitative estimate of drug-likeness (QED) is 0.831. The van der Waals surface area contributed by atoms with E-state index in [-0.39, 0.29) is 5.69 Å². The van der Waals surface area contributed by atoms with Crippen molar-refractivity contribution in [1.82, 2.24) is 5.32 Å². The van der Waals surface area contributed by atoms with Gasteiger partial charge in [0.05, 0.1) is 5.56 Å². The van der Waals surface area contributed by atoms with Crippen LogP contribution in [0.5, 0.6) is 0 Å². The lowest BCUT2D eigenvalue weighted by molar-refractivity contribution is -0.137. The number of benzene rings is 2. The summed E-state index contributed by atoms with van der Waals surface area (Å²) in [5.74, 6) is 0. The SMILES string of the molecule is Nc1ccc(N2CCNCC2)c(CCc2ccccc2)c1C(F)(F)F. The molecule has 2 aromatic carbocycles. The van der Waals surface area contributed by atoms with Crippen LogP contribution in [0, 0.1) is 0 Å². The van der Waals surface area contributed by atoms with Crippen LogP contribution in [0.2, 0.25) is 0 Å². The molecule has 0 atom stereocenters. The lowest BCUT2D eigenvalue weighted by Gasteiger charge is -2.32. The van der Waals surface area contributed by atoms with Crippen molar-refractivity contribution in [2.45, 2.75) is 19.0 Å². The van der Waals surface area contributed by atoms with E-state index in [0.29, 0.717) is 37.2 Å². The number of halogens is 3. The minimum atomic E-state index is -4.46. The molecule has 3 nitrogen and oxygen atoms in total. The molecule has 134 valence electrons. The van der Waals surface area contributed by atoms with Gasteiger partial charge in [0, 0.05) is 37.6 Å². The molecule has 0 spiro atoms. The monoisotopic (exact) mass is 349 g/mol. The maximum atomic E-state index is 13.7. The first-order valence-corrected chi connectivity index (χ1v) is 8.45. The number of nitrogen functional groups attached to an aromatic ring is 1. The fraction of sp³-hybridized carbons (Fsp3) is 0.368. The molecular formula is C19H22F3N3. The fourth-order valence-corrected chi connectivity index (χ4v) is 3.36. The zero-order valence-electron chi connectivity index (χ0n) is 13.9. The van der Waals surface area contributed by atoms with E-state index in [1.165, 1.54) is 6.07 Å². The van der Waals surface area contributed by atoms with Crippen molar-refractivity contribution in [3.8, 4) is 0 Å². The number of nitrogens with two attached hydrogens (primary N) is 1. The van der Waals surface area contributed by atoms with E-state index in [0.717, 1.165) is 18.7 Å². The van der Waals surface area contributed by atoms with E-state index in [1.54, 1.807) is 6.07 Å². The van der Waals surface area contributed by atoms with Crippen LogP contribution in [0.25, 0.3) is 0 Å². The molecule has 1 saturated heterocycles. The van der Waals surface area contributed by atoms with Crippen LogP contribution < -0.4 is 16.0 Å². The van der Waals surface area contributed by atoms with Crippen molar-refractivity contribution in [1.29, 1.82) is 0 Å². The van der Waals surface area contributed by atoms with Crippen LogP contribution in [0.3, 0.4) is 0 Å². The number of anilines is 2. The van der Waals surface area contributed by atoms with Gasteiger partial charge in [-0.05, 0) is 36.1 Å². The molecule has 6 heteroatoms. The van der Waals surface area contributed by atoms with Gasteiger partial charge in [0.15, 0.2) is 0 Å². The highest BCUT2D eigenvalue weighted by Gasteiger charge is 2.37. The third kappa shape index (κ3) is 4.07. The van der Waals surface area contributed by atoms with Crippen LogP contribution in [0.15, 0.2) is 42.5 Å². The van der Waals surface area contributed by atoms with Gasteiger partial charge in [-0.3, -0.25) is 0 Å². The van der Waals surface area contributed by atoms with Crippen molar-refractivity contribution < 1.29 is 13.2 Å². The van der Waals surface area contributed by atoms with E-state index in [4.69, 9.17) is 5.73 Å². The molecule has 3 N–H and O–H groups in total. The molecule has 0 saturated carbocycles. The molecule has 25 heavy (non-hydrogen) atoms. The molecule has 3 rings (SSSR count). The molecule has 0 bridgehead atoms. The summed E-state index contributed by atoms with van der Waals surface area (Å²) in [6.45, 7) is 2.92. The molecule has 1 aliphatic rings. The zero-order valence-corrected chi connectivity index (χ0v) is 13.9. The molecule has 0 unspecified atom stereocenters. The third-order valence-corrected chi connectivity index (χ3v) is 4.57. The Kier molecular flexibility index (Phi) is 5.18.